The van der Waals surface area contributed by atoms with Gasteiger partial charge in [0, 0.05) is 5.39 Å². The lowest BCUT2D eigenvalue weighted by Gasteiger charge is -2.32. The second kappa shape index (κ2) is 5.97. The first kappa shape index (κ1) is 18.2. The highest BCUT2D eigenvalue weighted by molar-refractivity contribution is 6.66. The zero-order valence-corrected chi connectivity index (χ0v) is 16.0. The van der Waals surface area contributed by atoms with Crippen LogP contribution in [0.5, 0.6) is 0 Å². The number of hydrogen-bond donors (Lipinski definition) is 0. The Balaban J connectivity index is 2.19. The normalized spacial score (nSPS) is 18.6. The Labute approximate surface area is 152 Å². The van der Waals surface area contributed by atoms with E-state index in [1.807, 2.05) is 46.8 Å². The van der Waals surface area contributed by atoms with Gasteiger partial charge in [0.15, 0.2) is 5.69 Å². The van der Waals surface area contributed by atoms with E-state index in [0.717, 1.165) is 16.4 Å². The van der Waals surface area contributed by atoms with Crippen LogP contribution in [0.15, 0.2) is 18.2 Å². The molecular formula is C18H21BClNO4. The van der Waals surface area contributed by atoms with Gasteiger partial charge >= 0.3 is 13.1 Å². The first-order chi connectivity index (χ1) is 11.6. The molecule has 1 aliphatic rings. The third-order valence-corrected chi connectivity index (χ3v) is 5.35. The summed E-state index contributed by atoms with van der Waals surface area (Å²) < 4.78 is 17.1. The lowest BCUT2D eigenvalue weighted by atomic mass is 9.76. The number of hydrogen-bond acceptors (Lipinski definition) is 5. The maximum atomic E-state index is 11.8. The van der Waals surface area contributed by atoms with Gasteiger partial charge in [0.05, 0.1) is 28.9 Å². The third kappa shape index (κ3) is 2.92. The Morgan fingerprint density at radius 2 is 1.80 bits per heavy atom. The van der Waals surface area contributed by atoms with Crippen LogP contribution >= 0.6 is 11.6 Å². The standard InChI is InChI=1S/C18H21BClNO4/c1-10-7-8-11(19-24-17(2,3)18(4,5)25-19)14-12(20)9-13(16(22)23-6)21-15(10)14/h7-9H,1-6H3. The Morgan fingerprint density at radius 1 is 1.20 bits per heavy atom. The molecule has 1 aromatic carbocycles. The van der Waals surface area contributed by atoms with Gasteiger partial charge in [-0.05, 0) is 51.7 Å². The smallest absolute Gasteiger partial charge is 0.464 e. The number of aromatic nitrogens is 1. The molecule has 0 aliphatic carbocycles. The largest absolute Gasteiger partial charge is 0.495 e. The molecule has 1 aromatic heterocycles. The van der Waals surface area contributed by atoms with Crippen molar-refractivity contribution < 1.29 is 18.8 Å². The quantitative estimate of drug-likeness (QED) is 0.607. The molecule has 1 fully saturated rings. The number of methoxy groups -OCH3 is 1. The van der Waals surface area contributed by atoms with Gasteiger partial charge in [0.2, 0.25) is 0 Å². The van der Waals surface area contributed by atoms with E-state index < -0.39 is 24.3 Å². The fourth-order valence-corrected chi connectivity index (χ4v) is 3.13. The highest BCUT2D eigenvalue weighted by atomic mass is 35.5. The molecule has 0 amide bonds. The number of esters is 1. The molecule has 0 saturated carbocycles. The summed E-state index contributed by atoms with van der Waals surface area (Å²) in [5.41, 5.74) is 1.60. The van der Waals surface area contributed by atoms with E-state index in [9.17, 15) is 4.79 Å². The summed E-state index contributed by atoms with van der Waals surface area (Å²) in [6.45, 7) is 9.91. The zero-order chi connectivity index (χ0) is 18.6. The minimum Gasteiger partial charge on any atom is -0.464 e. The molecule has 1 saturated heterocycles. The number of pyridine rings is 1. The molecule has 5 nitrogen and oxygen atoms in total. The number of fused-ring (bicyclic) bond motifs is 1. The summed E-state index contributed by atoms with van der Waals surface area (Å²) in [5, 5.41) is 1.15. The average molecular weight is 362 g/mol. The molecule has 0 atom stereocenters. The Hall–Kier alpha value is -1.63. The number of rotatable bonds is 2. The van der Waals surface area contributed by atoms with Gasteiger partial charge in [0.25, 0.3) is 0 Å². The molecule has 0 bridgehead atoms. The predicted molar refractivity (Wildman–Crippen MR) is 98.5 cm³/mol. The number of aryl methyl sites for hydroxylation is 1. The zero-order valence-electron chi connectivity index (χ0n) is 15.3. The van der Waals surface area contributed by atoms with Crippen molar-refractivity contribution >= 4 is 41.1 Å². The van der Waals surface area contributed by atoms with Gasteiger partial charge in [-0.25, -0.2) is 9.78 Å². The van der Waals surface area contributed by atoms with Crippen LogP contribution in [0.25, 0.3) is 10.9 Å². The fourth-order valence-electron chi connectivity index (χ4n) is 2.83. The fraction of sp³-hybridized carbons (Fsp3) is 0.444. The lowest BCUT2D eigenvalue weighted by Crippen LogP contribution is -2.41. The van der Waals surface area contributed by atoms with Gasteiger partial charge in [-0.15, -0.1) is 0 Å². The summed E-state index contributed by atoms with van der Waals surface area (Å²) >= 11 is 6.50. The summed E-state index contributed by atoms with van der Waals surface area (Å²) in [4.78, 5) is 16.3. The van der Waals surface area contributed by atoms with E-state index in [4.69, 9.17) is 25.6 Å². The van der Waals surface area contributed by atoms with Crippen molar-refractivity contribution in [1.82, 2.24) is 4.98 Å². The van der Waals surface area contributed by atoms with Crippen molar-refractivity contribution in [2.24, 2.45) is 0 Å². The van der Waals surface area contributed by atoms with Gasteiger partial charge in [-0.2, -0.15) is 0 Å². The van der Waals surface area contributed by atoms with E-state index in [1.165, 1.54) is 13.2 Å². The van der Waals surface area contributed by atoms with Crippen LogP contribution in [0.3, 0.4) is 0 Å². The molecule has 7 heteroatoms. The summed E-state index contributed by atoms with van der Waals surface area (Å²) in [5.74, 6) is -0.524. The van der Waals surface area contributed by atoms with Crippen LogP contribution in [-0.4, -0.2) is 36.4 Å². The minimum absolute atomic E-state index is 0.175. The predicted octanol–water partition coefficient (Wildman–Crippen LogP) is 3.28. The summed E-state index contributed by atoms with van der Waals surface area (Å²) in [6, 6.07) is 5.38. The van der Waals surface area contributed by atoms with Crippen molar-refractivity contribution in [3.05, 3.63) is 34.5 Å². The molecule has 2 heterocycles. The number of benzene rings is 1. The highest BCUT2D eigenvalue weighted by Gasteiger charge is 2.52. The molecule has 0 radical (unpaired) electrons. The Kier molecular flexibility index (Phi) is 4.34. The Morgan fingerprint density at radius 3 is 2.36 bits per heavy atom. The van der Waals surface area contributed by atoms with Crippen LogP contribution in [0.4, 0.5) is 0 Å². The minimum atomic E-state index is -0.559. The van der Waals surface area contributed by atoms with Crippen molar-refractivity contribution in [2.45, 2.75) is 45.8 Å². The van der Waals surface area contributed by atoms with Crippen LogP contribution in [0.1, 0.15) is 43.7 Å². The number of ether oxygens (including phenoxy) is 1. The average Bonchev–Trinajstić information content (AvgIpc) is 2.75. The lowest BCUT2D eigenvalue weighted by molar-refractivity contribution is 0.00578. The maximum Gasteiger partial charge on any atom is 0.495 e. The van der Waals surface area contributed by atoms with Gasteiger partial charge < -0.3 is 14.0 Å². The van der Waals surface area contributed by atoms with E-state index in [1.54, 1.807) is 0 Å². The van der Waals surface area contributed by atoms with Gasteiger partial charge in [-0.3, -0.25) is 0 Å². The second-order valence-electron chi connectivity index (χ2n) is 7.26. The van der Waals surface area contributed by atoms with E-state index in [2.05, 4.69) is 4.98 Å². The molecule has 25 heavy (non-hydrogen) atoms. The first-order valence-electron chi connectivity index (χ1n) is 8.11. The topological polar surface area (TPSA) is 57.7 Å². The third-order valence-electron chi connectivity index (χ3n) is 5.05. The van der Waals surface area contributed by atoms with E-state index in [-0.39, 0.29) is 5.69 Å². The maximum absolute atomic E-state index is 11.8. The van der Waals surface area contributed by atoms with Gasteiger partial charge in [-0.1, -0.05) is 23.7 Å². The summed E-state index contributed by atoms with van der Waals surface area (Å²) in [7, 11) is 0.756. The second-order valence-corrected chi connectivity index (χ2v) is 7.67. The van der Waals surface area contributed by atoms with Crippen molar-refractivity contribution in [2.75, 3.05) is 7.11 Å². The number of halogens is 1. The number of carbonyl (C=O) groups excluding carboxylic acids is 1. The van der Waals surface area contributed by atoms with E-state index >= 15 is 0 Å². The first-order valence-corrected chi connectivity index (χ1v) is 8.49. The molecule has 132 valence electrons. The van der Waals surface area contributed by atoms with E-state index in [0.29, 0.717) is 10.5 Å². The van der Waals surface area contributed by atoms with Crippen LogP contribution in [-0.2, 0) is 14.0 Å². The SMILES string of the molecule is COC(=O)c1cc(Cl)c2c(B3OC(C)(C)C(C)(C)O3)ccc(C)c2n1. The van der Waals surface area contributed by atoms with Crippen LogP contribution < -0.4 is 5.46 Å². The monoisotopic (exact) mass is 361 g/mol. The molecule has 0 N–H and O–H groups in total. The molecule has 2 aromatic rings. The molecule has 0 unspecified atom stereocenters. The van der Waals surface area contributed by atoms with Crippen molar-refractivity contribution in [1.29, 1.82) is 0 Å². The van der Waals surface area contributed by atoms with Crippen molar-refractivity contribution in [3.63, 3.8) is 0 Å². The molecule has 1 aliphatic heterocycles. The molecule has 0 spiro atoms. The van der Waals surface area contributed by atoms with Crippen molar-refractivity contribution in [3.8, 4) is 0 Å². The highest BCUT2D eigenvalue weighted by Crippen LogP contribution is 2.37. The Bertz CT molecular complexity index is 850. The number of nitrogens with zero attached hydrogens (tertiary/aromatic N) is 1. The van der Waals surface area contributed by atoms with Gasteiger partial charge in [0.1, 0.15) is 0 Å². The van der Waals surface area contributed by atoms with Crippen LogP contribution in [0, 0.1) is 6.92 Å². The molecule has 3 rings (SSSR count). The summed E-state index contributed by atoms with van der Waals surface area (Å²) in [6.07, 6.45) is 0. The molecular weight excluding hydrogens is 340 g/mol. The number of carbonyl (C=O) groups is 1. The van der Waals surface area contributed by atoms with Crippen LogP contribution in [0.2, 0.25) is 5.02 Å².